The highest BCUT2D eigenvalue weighted by Gasteiger charge is 2.04. The van der Waals surface area contributed by atoms with E-state index in [4.69, 9.17) is 0 Å². The zero-order valence-corrected chi connectivity index (χ0v) is 13.4. The highest BCUT2D eigenvalue weighted by atomic mass is 15.0. The number of aryl methyl sites for hydroxylation is 1. The minimum Gasteiger partial charge on any atom is -0.343 e. The second-order valence-electron chi connectivity index (χ2n) is 6.10. The van der Waals surface area contributed by atoms with Gasteiger partial charge in [-0.25, -0.2) is 0 Å². The molecule has 0 bridgehead atoms. The molecule has 0 aliphatic rings. The molecular weight excluding hydrogens is 270 g/mol. The van der Waals surface area contributed by atoms with E-state index in [2.05, 4.69) is 65.1 Å². The number of pyridine rings is 1. The first kappa shape index (κ1) is 14.8. The van der Waals surface area contributed by atoms with Gasteiger partial charge in [0.05, 0.1) is 0 Å². The van der Waals surface area contributed by atoms with Crippen molar-refractivity contribution in [1.82, 2.24) is 14.5 Å². The van der Waals surface area contributed by atoms with Gasteiger partial charge in [0.15, 0.2) is 0 Å². The normalized spacial score (nSPS) is 11.4. The molecule has 0 saturated carbocycles. The third-order valence-electron chi connectivity index (χ3n) is 3.98. The van der Waals surface area contributed by atoms with Crippen molar-refractivity contribution in [2.45, 2.75) is 19.4 Å². The summed E-state index contributed by atoms with van der Waals surface area (Å²) in [4.78, 5) is 6.44. The first-order chi connectivity index (χ1) is 10.7. The third-order valence-corrected chi connectivity index (χ3v) is 3.98. The minimum atomic E-state index is 0.874. The molecule has 0 fully saturated rings. The standard InChI is InChI=1S/C19H23N3/c1-21(2)11-4-6-16-7-8-18-9-12-22(19(18)13-16)15-17-5-3-10-20-14-17/h3,5,7-10,12-14H,4,6,11,15H2,1-2H3. The van der Waals surface area contributed by atoms with Crippen LogP contribution in [0.25, 0.3) is 10.9 Å². The Morgan fingerprint density at radius 3 is 2.77 bits per heavy atom. The Labute approximate surface area is 132 Å². The van der Waals surface area contributed by atoms with Crippen molar-refractivity contribution in [2.24, 2.45) is 0 Å². The molecule has 114 valence electrons. The van der Waals surface area contributed by atoms with Gasteiger partial charge >= 0.3 is 0 Å². The van der Waals surface area contributed by atoms with Crippen LogP contribution in [-0.4, -0.2) is 35.1 Å². The van der Waals surface area contributed by atoms with Crippen LogP contribution in [0.5, 0.6) is 0 Å². The molecule has 0 amide bonds. The predicted octanol–water partition coefficient (Wildman–Crippen LogP) is 3.58. The summed E-state index contributed by atoms with van der Waals surface area (Å²) in [6.45, 7) is 2.01. The number of benzene rings is 1. The van der Waals surface area contributed by atoms with Crippen LogP contribution >= 0.6 is 0 Å². The second kappa shape index (κ2) is 6.75. The van der Waals surface area contributed by atoms with E-state index >= 15 is 0 Å². The topological polar surface area (TPSA) is 21.1 Å². The molecule has 0 spiro atoms. The molecule has 0 aliphatic heterocycles. The van der Waals surface area contributed by atoms with Gasteiger partial charge in [0.2, 0.25) is 0 Å². The smallest absolute Gasteiger partial charge is 0.0491 e. The van der Waals surface area contributed by atoms with E-state index in [-0.39, 0.29) is 0 Å². The summed E-state index contributed by atoms with van der Waals surface area (Å²) in [5.74, 6) is 0. The maximum absolute atomic E-state index is 4.20. The van der Waals surface area contributed by atoms with Crippen LogP contribution in [-0.2, 0) is 13.0 Å². The molecule has 0 radical (unpaired) electrons. The van der Waals surface area contributed by atoms with E-state index in [1.54, 1.807) is 0 Å². The fourth-order valence-corrected chi connectivity index (χ4v) is 2.81. The number of rotatable bonds is 6. The van der Waals surface area contributed by atoms with E-state index in [0.29, 0.717) is 0 Å². The van der Waals surface area contributed by atoms with Gasteiger partial charge < -0.3 is 9.47 Å². The highest BCUT2D eigenvalue weighted by molar-refractivity contribution is 5.81. The number of aromatic nitrogens is 2. The molecule has 0 unspecified atom stereocenters. The van der Waals surface area contributed by atoms with E-state index in [1.807, 2.05) is 18.5 Å². The van der Waals surface area contributed by atoms with Gasteiger partial charge in [0.1, 0.15) is 0 Å². The fraction of sp³-hybridized carbons (Fsp3) is 0.316. The summed E-state index contributed by atoms with van der Waals surface area (Å²) in [6, 6.07) is 13.1. The number of hydrogen-bond acceptors (Lipinski definition) is 2. The Bertz CT molecular complexity index is 729. The quantitative estimate of drug-likeness (QED) is 0.692. The van der Waals surface area contributed by atoms with E-state index in [0.717, 1.165) is 19.5 Å². The molecule has 22 heavy (non-hydrogen) atoms. The van der Waals surface area contributed by atoms with Crippen molar-refractivity contribution >= 4 is 10.9 Å². The number of nitrogens with zero attached hydrogens (tertiary/aromatic N) is 3. The Morgan fingerprint density at radius 2 is 2.00 bits per heavy atom. The maximum Gasteiger partial charge on any atom is 0.0491 e. The van der Waals surface area contributed by atoms with Crippen LogP contribution in [0.1, 0.15) is 17.5 Å². The van der Waals surface area contributed by atoms with Crippen molar-refractivity contribution in [2.75, 3.05) is 20.6 Å². The maximum atomic E-state index is 4.20. The Balaban J connectivity index is 1.79. The summed E-state index contributed by atoms with van der Waals surface area (Å²) < 4.78 is 2.31. The zero-order valence-electron chi connectivity index (χ0n) is 13.4. The lowest BCUT2D eigenvalue weighted by molar-refractivity contribution is 0.400. The average molecular weight is 293 g/mol. The summed E-state index contributed by atoms with van der Waals surface area (Å²) in [5, 5.41) is 1.31. The number of fused-ring (bicyclic) bond motifs is 1. The Kier molecular flexibility index (Phi) is 4.54. The SMILES string of the molecule is CN(C)CCCc1ccc2ccn(Cc3cccnc3)c2c1. The van der Waals surface area contributed by atoms with Crippen LogP contribution < -0.4 is 0 Å². The molecule has 1 aromatic carbocycles. The van der Waals surface area contributed by atoms with Crippen molar-refractivity contribution in [3.05, 3.63) is 66.1 Å². The van der Waals surface area contributed by atoms with Crippen LogP contribution in [0.3, 0.4) is 0 Å². The molecule has 3 aromatic rings. The van der Waals surface area contributed by atoms with E-state index < -0.39 is 0 Å². The lowest BCUT2D eigenvalue weighted by Crippen LogP contribution is -2.13. The molecule has 0 atom stereocenters. The van der Waals surface area contributed by atoms with Gasteiger partial charge in [-0.1, -0.05) is 18.2 Å². The van der Waals surface area contributed by atoms with Crippen molar-refractivity contribution < 1.29 is 0 Å². The Hall–Kier alpha value is -2.13. The third kappa shape index (κ3) is 3.55. The van der Waals surface area contributed by atoms with Gasteiger partial charge in [0.25, 0.3) is 0 Å². The molecule has 0 N–H and O–H groups in total. The highest BCUT2D eigenvalue weighted by Crippen LogP contribution is 2.19. The summed E-state index contributed by atoms with van der Waals surface area (Å²) in [6.07, 6.45) is 8.25. The van der Waals surface area contributed by atoms with Crippen molar-refractivity contribution in [3.8, 4) is 0 Å². The molecule has 0 aliphatic carbocycles. The minimum absolute atomic E-state index is 0.874. The Morgan fingerprint density at radius 1 is 1.09 bits per heavy atom. The van der Waals surface area contributed by atoms with Crippen LogP contribution in [0.15, 0.2) is 55.0 Å². The van der Waals surface area contributed by atoms with Crippen LogP contribution in [0.2, 0.25) is 0 Å². The predicted molar refractivity (Wildman–Crippen MR) is 92.2 cm³/mol. The molecular formula is C19H23N3. The largest absolute Gasteiger partial charge is 0.343 e. The number of hydrogen-bond donors (Lipinski definition) is 0. The van der Waals surface area contributed by atoms with Gasteiger partial charge in [-0.3, -0.25) is 4.98 Å². The first-order valence-corrected chi connectivity index (χ1v) is 7.84. The van der Waals surface area contributed by atoms with Gasteiger partial charge in [0, 0.05) is 30.7 Å². The van der Waals surface area contributed by atoms with Crippen molar-refractivity contribution in [1.29, 1.82) is 0 Å². The van der Waals surface area contributed by atoms with E-state index in [1.165, 1.54) is 28.5 Å². The molecule has 3 rings (SSSR count). The van der Waals surface area contributed by atoms with Crippen LogP contribution in [0, 0.1) is 0 Å². The average Bonchev–Trinajstić information content (AvgIpc) is 2.91. The van der Waals surface area contributed by atoms with Crippen molar-refractivity contribution in [3.63, 3.8) is 0 Å². The summed E-state index contributed by atoms with van der Waals surface area (Å²) >= 11 is 0. The lowest BCUT2D eigenvalue weighted by Gasteiger charge is -2.10. The monoisotopic (exact) mass is 293 g/mol. The molecule has 0 saturated heterocycles. The molecule has 2 aromatic heterocycles. The summed E-state index contributed by atoms with van der Waals surface area (Å²) in [7, 11) is 4.25. The van der Waals surface area contributed by atoms with Gasteiger partial charge in [-0.15, -0.1) is 0 Å². The van der Waals surface area contributed by atoms with E-state index in [9.17, 15) is 0 Å². The molecule has 3 nitrogen and oxygen atoms in total. The molecule has 2 heterocycles. The van der Waals surface area contributed by atoms with Gasteiger partial charge in [-0.05, 0) is 68.2 Å². The zero-order chi connectivity index (χ0) is 15.4. The summed E-state index contributed by atoms with van der Waals surface area (Å²) in [5.41, 5.74) is 3.96. The van der Waals surface area contributed by atoms with Gasteiger partial charge in [-0.2, -0.15) is 0 Å². The molecule has 3 heteroatoms. The fourth-order valence-electron chi connectivity index (χ4n) is 2.81. The second-order valence-corrected chi connectivity index (χ2v) is 6.10. The van der Waals surface area contributed by atoms with Crippen LogP contribution in [0.4, 0.5) is 0 Å². The lowest BCUT2D eigenvalue weighted by atomic mass is 10.1. The first-order valence-electron chi connectivity index (χ1n) is 7.84.